The van der Waals surface area contributed by atoms with Crippen molar-refractivity contribution in [1.82, 2.24) is 5.32 Å². The lowest BCUT2D eigenvalue weighted by Crippen LogP contribution is -2.20. The van der Waals surface area contributed by atoms with E-state index in [-0.39, 0.29) is 0 Å². The van der Waals surface area contributed by atoms with Gasteiger partial charge in [0, 0.05) is 12.5 Å². The van der Waals surface area contributed by atoms with Gasteiger partial charge in [0.2, 0.25) is 0 Å². The molecule has 1 aromatic carbocycles. The van der Waals surface area contributed by atoms with Gasteiger partial charge in [-0.25, -0.2) is 0 Å². The third-order valence-corrected chi connectivity index (χ3v) is 3.99. The lowest BCUT2D eigenvalue weighted by molar-refractivity contribution is 0.310. The van der Waals surface area contributed by atoms with Crippen LogP contribution in [0.15, 0.2) is 40.8 Å². The third-order valence-electron chi connectivity index (χ3n) is 3.99. The maximum Gasteiger partial charge on any atom is 0.119 e. The molecule has 0 saturated heterocycles. The Morgan fingerprint density at radius 2 is 2.14 bits per heavy atom. The number of furan rings is 1. The van der Waals surface area contributed by atoms with Crippen molar-refractivity contribution < 1.29 is 9.15 Å². The summed E-state index contributed by atoms with van der Waals surface area (Å²) in [5.41, 5.74) is 1.22. The Morgan fingerprint density at radius 3 is 2.90 bits per heavy atom. The minimum Gasteiger partial charge on any atom is -0.492 e. The zero-order valence-electron chi connectivity index (χ0n) is 12.8. The molecule has 3 heteroatoms. The number of hydrogen-bond acceptors (Lipinski definition) is 3. The highest BCUT2D eigenvalue weighted by Gasteiger charge is 2.36. The summed E-state index contributed by atoms with van der Waals surface area (Å²) in [6.45, 7) is 6.58. The van der Waals surface area contributed by atoms with E-state index in [0.29, 0.717) is 12.5 Å². The van der Waals surface area contributed by atoms with Gasteiger partial charge in [-0.2, -0.15) is 0 Å². The predicted octanol–water partition coefficient (Wildman–Crippen LogP) is 3.88. The molecule has 2 aromatic rings. The summed E-state index contributed by atoms with van der Waals surface area (Å²) in [6.07, 6.45) is 1.27. The normalized spacial score (nSPS) is 20.5. The first-order valence-electron chi connectivity index (χ1n) is 7.71. The zero-order valence-corrected chi connectivity index (χ0v) is 12.8. The highest BCUT2D eigenvalue weighted by atomic mass is 16.5. The van der Waals surface area contributed by atoms with Crippen molar-refractivity contribution in [3.05, 3.63) is 53.5 Å². The van der Waals surface area contributed by atoms with E-state index in [4.69, 9.17) is 9.15 Å². The molecule has 0 aliphatic heterocycles. The van der Waals surface area contributed by atoms with Crippen LogP contribution < -0.4 is 10.1 Å². The SMILES string of the molecule is Cc1cccc(OCCNCc2ccc(C3CC3C)o2)c1. The Morgan fingerprint density at radius 1 is 1.29 bits per heavy atom. The molecule has 112 valence electrons. The number of benzene rings is 1. The Balaban J connectivity index is 1.35. The monoisotopic (exact) mass is 285 g/mol. The van der Waals surface area contributed by atoms with Crippen LogP contribution in [0.3, 0.4) is 0 Å². The molecular weight excluding hydrogens is 262 g/mol. The van der Waals surface area contributed by atoms with Gasteiger partial charge in [-0.15, -0.1) is 0 Å². The number of rotatable bonds is 7. The summed E-state index contributed by atoms with van der Waals surface area (Å²) in [7, 11) is 0. The topological polar surface area (TPSA) is 34.4 Å². The summed E-state index contributed by atoms with van der Waals surface area (Å²) in [4.78, 5) is 0. The second-order valence-electron chi connectivity index (χ2n) is 5.97. The summed E-state index contributed by atoms with van der Waals surface area (Å²) < 4.78 is 11.6. The van der Waals surface area contributed by atoms with Gasteiger partial charge in [0.1, 0.15) is 23.9 Å². The van der Waals surface area contributed by atoms with Gasteiger partial charge < -0.3 is 14.5 Å². The second kappa shape index (κ2) is 6.35. The van der Waals surface area contributed by atoms with Crippen LogP contribution in [-0.4, -0.2) is 13.2 Å². The molecule has 3 nitrogen and oxygen atoms in total. The van der Waals surface area contributed by atoms with Crippen LogP contribution in [-0.2, 0) is 6.54 Å². The van der Waals surface area contributed by atoms with Gasteiger partial charge in [-0.3, -0.25) is 0 Å². The minimum absolute atomic E-state index is 0.656. The molecule has 1 aromatic heterocycles. The number of hydrogen-bond donors (Lipinski definition) is 1. The Labute approximate surface area is 126 Å². The largest absolute Gasteiger partial charge is 0.492 e. The average Bonchev–Trinajstić information content (AvgIpc) is 3.00. The van der Waals surface area contributed by atoms with Gasteiger partial charge in [-0.1, -0.05) is 19.1 Å². The lowest BCUT2D eigenvalue weighted by Gasteiger charge is -2.07. The molecule has 2 atom stereocenters. The number of aryl methyl sites for hydroxylation is 1. The summed E-state index contributed by atoms with van der Waals surface area (Å²) in [5, 5.41) is 3.35. The van der Waals surface area contributed by atoms with Crippen LogP contribution in [0.5, 0.6) is 5.75 Å². The van der Waals surface area contributed by atoms with Crippen LogP contribution in [0, 0.1) is 12.8 Å². The highest BCUT2D eigenvalue weighted by Crippen LogP contribution is 2.47. The van der Waals surface area contributed by atoms with Crippen LogP contribution >= 0.6 is 0 Å². The fourth-order valence-corrected chi connectivity index (χ4v) is 2.57. The van der Waals surface area contributed by atoms with Crippen LogP contribution in [0.1, 0.15) is 36.3 Å². The van der Waals surface area contributed by atoms with Crippen molar-refractivity contribution in [2.24, 2.45) is 5.92 Å². The molecule has 0 amide bonds. The van der Waals surface area contributed by atoms with Crippen molar-refractivity contribution in [2.75, 3.05) is 13.2 Å². The molecule has 1 saturated carbocycles. The fraction of sp³-hybridized carbons (Fsp3) is 0.444. The van der Waals surface area contributed by atoms with Crippen molar-refractivity contribution in [3.8, 4) is 5.75 Å². The molecule has 21 heavy (non-hydrogen) atoms. The maximum atomic E-state index is 5.86. The highest BCUT2D eigenvalue weighted by molar-refractivity contribution is 5.27. The van der Waals surface area contributed by atoms with Gasteiger partial charge in [0.15, 0.2) is 0 Å². The lowest BCUT2D eigenvalue weighted by atomic mass is 10.2. The summed E-state index contributed by atoms with van der Waals surface area (Å²) >= 11 is 0. The van der Waals surface area contributed by atoms with Crippen molar-refractivity contribution in [1.29, 1.82) is 0 Å². The van der Waals surface area contributed by atoms with E-state index in [1.807, 2.05) is 12.1 Å². The molecule has 1 aliphatic rings. The second-order valence-corrected chi connectivity index (χ2v) is 5.97. The zero-order chi connectivity index (χ0) is 14.7. The van der Waals surface area contributed by atoms with E-state index >= 15 is 0 Å². The standard InChI is InChI=1S/C18H23NO2/c1-13-4-3-5-15(10-13)20-9-8-19-12-16-6-7-18(21-16)17-11-14(17)2/h3-7,10,14,17,19H,8-9,11-12H2,1-2H3. The van der Waals surface area contributed by atoms with E-state index in [9.17, 15) is 0 Å². The molecule has 2 unspecified atom stereocenters. The number of nitrogens with one attached hydrogen (secondary N) is 1. The van der Waals surface area contributed by atoms with Gasteiger partial charge in [0.25, 0.3) is 0 Å². The van der Waals surface area contributed by atoms with E-state index in [1.165, 1.54) is 12.0 Å². The Kier molecular flexibility index (Phi) is 4.30. The van der Waals surface area contributed by atoms with E-state index < -0.39 is 0 Å². The summed E-state index contributed by atoms with van der Waals surface area (Å²) in [5.74, 6) is 4.54. The van der Waals surface area contributed by atoms with Crippen LogP contribution in [0.25, 0.3) is 0 Å². The summed E-state index contributed by atoms with van der Waals surface area (Å²) in [6, 6.07) is 12.3. The molecule has 1 N–H and O–H groups in total. The van der Waals surface area contributed by atoms with Crippen molar-refractivity contribution in [3.63, 3.8) is 0 Å². The van der Waals surface area contributed by atoms with E-state index in [0.717, 1.165) is 36.3 Å². The molecule has 0 radical (unpaired) electrons. The molecule has 1 aliphatic carbocycles. The average molecular weight is 285 g/mol. The van der Waals surface area contributed by atoms with Crippen LogP contribution in [0.2, 0.25) is 0 Å². The van der Waals surface area contributed by atoms with Crippen LogP contribution in [0.4, 0.5) is 0 Å². The quantitative estimate of drug-likeness (QED) is 0.784. The maximum absolute atomic E-state index is 5.86. The molecular formula is C18H23NO2. The third kappa shape index (κ3) is 3.88. The predicted molar refractivity (Wildman–Crippen MR) is 83.6 cm³/mol. The molecule has 0 spiro atoms. The first-order valence-corrected chi connectivity index (χ1v) is 7.71. The molecule has 1 fully saturated rings. The fourth-order valence-electron chi connectivity index (χ4n) is 2.57. The molecule has 1 heterocycles. The smallest absolute Gasteiger partial charge is 0.119 e. The molecule has 0 bridgehead atoms. The minimum atomic E-state index is 0.656. The number of ether oxygens (including phenoxy) is 1. The van der Waals surface area contributed by atoms with E-state index in [1.54, 1.807) is 0 Å². The van der Waals surface area contributed by atoms with Gasteiger partial charge in [-0.05, 0) is 49.1 Å². The van der Waals surface area contributed by atoms with Gasteiger partial charge in [0.05, 0.1) is 6.54 Å². The van der Waals surface area contributed by atoms with Crippen molar-refractivity contribution >= 4 is 0 Å². The first-order chi connectivity index (χ1) is 10.2. The van der Waals surface area contributed by atoms with E-state index in [2.05, 4.69) is 43.4 Å². The van der Waals surface area contributed by atoms with Crippen molar-refractivity contribution in [2.45, 2.75) is 32.7 Å². The Hall–Kier alpha value is -1.74. The Bertz CT molecular complexity index is 590. The molecule has 3 rings (SSSR count). The first kappa shape index (κ1) is 14.2. The van der Waals surface area contributed by atoms with Gasteiger partial charge >= 0.3 is 0 Å².